The maximum Gasteiger partial charge on any atom is 0.223 e. The minimum atomic E-state index is 0.0837. The van der Waals surface area contributed by atoms with Gasteiger partial charge in [-0.3, -0.25) is 4.79 Å². The molecule has 4 nitrogen and oxygen atoms in total. The van der Waals surface area contributed by atoms with Crippen molar-refractivity contribution in [2.75, 3.05) is 4.90 Å². The van der Waals surface area contributed by atoms with Gasteiger partial charge < -0.3 is 4.90 Å². The molecule has 0 N–H and O–H groups in total. The zero-order valence-electron chi connectivity index (χ0n) is 7.15. The summed E-state index contributed by atoms with van der Waals surface area (Å²) in [7, 11) is 0. The van der Waals surface area contributed by atoms with E-state index < -0.39 is 0 Å². The third-order valence-corrected chi connectivity index (χ3v) is 2.49. The van der Waals surface area contributed by atoms with Crippen LogP contribution < -0.4 is 4.90 Å². The smallest absolute Gasteiger partial charge is 0.223 e. The van der Waals surface area contributed by atoms with Crippen LogP contribution in [0.1, 0.15) is 12.8 Å². The summed E-state index contributed by atoms with van der Waals surface area (Å²) in [5, 5.41) is 0.296. The van der Waals surface area contributed by atoms with Gasteiger partial charge in [-0.05, 0) is 24.4 Å². The molecule has 0 radical (unpaired) electrons. The van der Waals surface area contributed by atoms with Crippen LogP contribution in [0.3, 0.4) is 0 Å². The van der Waals surface area contributed by atoms with Gasteiger partial charge in [-0.25, -0.2) is 9.97 Å². The van der Waals surface area contributed by atoms with E-state index >= 15 is 0 Å². The molecule has 0 unspecified atom stereocenters. The molecule has 1 fully saturated rings. The quantitative estimate of drug-likeness (QED) is 0.454. The van der Waals surface area contributed by atoms with E-state index in [1.54, 1.807) is 4.90 Å². The summed E-state index contributed by atoms with van der Waals surface area (Å²) >= 11 is 11.4. The lowest BCUT2D eigenvalue weighted by Gasteiger charge is -2.16. The summed E-state index contributed by atoms with van der Waals surface area (Å²) in [5.41, 5.74) is 0.522. The number of halogens is 2. The molecule has 14 heavy (non-hydrogen) atoms. The molecular weight excluding hydrogens is 225 g/mol. The van der Waals surface area contributed by atoms with E-state index in [2.05, 4.69) is 9.97 Å². The Kier molecular flexibility index (Phi) is 2.56. The molecule has 1 aromatic heterocycles. The Labute approximate surface area is 90.9 Å². The molecule has 74 valence electrons. The maximum atomic E-state index is 10.8. The number of carbonyl (C=O) groups is 1. The summed E-state index contributed by atoms with van der Waals surface area (Å²) in [4.78, 5) is 19.9. The van der Waals surface area contributed by atoms with Gasteiger partial charge in [0.2, 0.25) is 11.7 Å². The highest BCUT2D eigenvalue weighted by molar-refractivity contribution is 6.33. The fraction of sp³-hybridized carbons (Fsp3) is 0.375. The fourth-order valence-electron chi connectivity index (χ4n) is 1.20. The predicted molar refractivity (Wildman–Crippen MR) is 53.6 cm³/mol. The molecule has 1 aliphatic rings. The van der Waals surface area contributed by atoms with Gasteiger partial charge in [-0.15, -0.1) is 0 Å². The average Bonchev–Trinajstić information content (AvgIpc) is 2.93. The molecule has 0 atom stereocenters. The Hall–Kier alpha value is -0.870. The molecule has 0 bridgehead atoms. The minimum Gasteiger partial charge on any atom is -0.308 e. The number of carbonyl (C=O) groups excluding carboxylic acids is 1. The van der Waals surface area contributed by atoms with Crippen molar-refractivity contribution in [2.45, 2.75) is 18.9 Å². The molecule has 2 rings (SSSR count). The first-order valence-corrected chi connectivity index (χ1v) is 4.89. The van der Waals surface area contributed by atoms with Crippen molar-refractivity contribution in [1.29, 1.82) is 0 Å². The zero-order valence-corrected chi connectivity index (χ0v) is 8.66. The van der Waals surface area contributed by atoms with Crippen LogP contribution in [0.5, 0.6) is 0 Å². The Morgan fingerprint density at radius 1 is 1.50 bits per heavy atom. The summed E-state index contributed by atoms with van der Waals surface area (Å²) in [6.07, 6.45) is 4.20. The van der Waals surface area contributed by atoms with Gasteiger partial charge in [0.1, 0.15) is 5.69 Å². The van der Waals surface area contributed by atoms with Crippen LogP contribution in [0.15, 0.2) is 6.20 Å². The normalized spacial score (nSPS) is 15.3. The monoisotopic (exact) mass is 231 g/mol. The molecule has 1 aliphatic carbocycles. The van der Waals surface area contributed by atoms with Crippen molar-refractivity contribution < 1.29 is 4.79 Å². The van der Waals surface area contributed by atoms with Gasteiger partial charge in [0.25, 0.3) is 0 Å². The van der Waals surface area contributed by atoms with Crippen molar-refractivity contribution >= 4 is 35.3 Å². The average molecular weight is 232 g/mol. The van der Waals surface area contributed by atoms with Crippen molar-refractivity contribution in [3.05, 3.63) is 16.6 Å². The summed E-state index contributed by atoms with van der Waals surface area (Å²) in [6.45, 7) is 0. The second kappa shape index (κ2) is 3.71. The van der Waals surface area contributed by atoms with E-state index in [0.717, 1.165) is 19.3 Å². The van der Waals surface area contributed by atoms with Gasteiger partial charge >= 0.3 is 0 Å². The topological polar surface area (TPSA) is 46.1 Å². The minimum absolute atomic E-state index is 0.0837. The van der Waals surface area contributed by atoms with Crippen LogP contribution in [0.2, 0.25) is 10.4 Å². The lowest BCUT2D eigenvalue weighted by Crippen LogP contribution is -2.24. The van der Waals surface area contributed by atoms with Gasteiger partial charge in [0.05, 0.1) is 6.20 Å². The molecular formula is C8H7Cl2N3O. The first-order chi connectivity index (χ1) is 6.72. The third kappa shape index (κ3) is 1.81. The second-order valence-corrected chi connectivity index (χ2v) is 3.76. The van der Waals surface area contributed by atoms with E-state index in [1.807, 2.05) is 0 Å². The number of nitrogens with zero attached hydrogens (tertiary/aromatic N) is 3. The molecule has 6 heteroatoms. The standard InChI is InChI=1S/C8H7Cl2N3O/c9-7-6(3-11-8(10)12-7)13(4-14)5-1-2-5/h3-5H,1-2H2. The number of hydrogen-bond donors (Lipinski definition) is 0. The summed E-state index contributed by atoms with van der Waals surface area (Å²) < 4.78 is 0. The maximum absolute atomic E-state index is 10.8. The van der Waals surface area contributed by atoms with Crippen molar-refractivity contribution in [2.24, 2.45) is 0 Å². The molecule has 1 amide bonds. The SMILES string of the molecule is O=CN(c1cnc(Cl)nc1Cl)C1CC1. The Balaban J connectivity index is 2.33. The van der Waals surface area contributed by atoms with E-state index in [4.69, 9.17) is 23.2 Å². The van der Waals surface area contributed by atoms with Crippen LogP contribution in [-0.4, -0.2) is 22.4 Å². The Bertz CT molecular complexity index is 368. The number of aromatic nitrogens is 2. The Morgan fingerprint density at radius 2 is 2.21 bits per heavy atom. The molecule has 0 aromatic carbocycles. The van der Waals surface area contributed by atoms with Gasteiger partial charge in [0, 0.05) is 6.04 Å². The highest BCUT2D eigenvalue weighted by Crippen LogP contribution is 2.33. The van der Waals surface area contributed by atoms with Crippen LogP contribution in [-0.2, 0) is 4.79 Å². The molecule has 0 aliphatic heterocycles. The molecule has 1 saturated carbocycles. The van der Waals surface area contributed by atoms with Gasteiger partial charge in [0.15, 0.2) is 5.15 Å². The lowest BCUT2D eigenvalue weighted by molar-refractivity contribution is -0.107. The fourth-order valence-corrected chi connectivity index (χ4v) is 1.60. The van der Waals surface area contributed by atoms with Crippen LogP contribution in [0.25, 0.3) is 0 Å². The number of rotatable bonds is 3. The first-order valence-electron chi connectivity index (χ1n) is 4.14. The molecule has 0 saturated heterocycles. The van der Waals surface area contributed by atoms with Crippen molar-refractivity contribution in [3.8, 4) is 0 Å². The number of anilines is 1. The van der Waals surface area contributed by atoms with Crippen molar-refractivity contribution in [1.82, 2.24) is 9.97 Å². The molecule has 1 aromatic rings. The molecule has 0 spiro atoms. The lowest BCUT2D eigenvalue weighted by atomic mass is 10.4. The van der Waals surface area contributed by atoms with E-state index in [0.29, 0.717) is 5.69 Å². The zero-order chi connectivity index (χ0) is 10.1. The predicted octanol–water partition coefficient (Wildman–Crippen LogP) is 1.91. The number of hydrogen-bond acceptors (Lipinski definition) is 3. The Morgan fingerprint density at radius 3 is 2.71 bits per heavy atom. The van der Waals surface area contributed by atoms with Gasteiger partial charge in [-0.1, -0.05) is 11.6 Å². The first kappa shape index (κ1) is 9.68. The van der Waals surface area contributed by atoms with Gasteiger partial charge in [-0.2, -0.15) is 0 Å². The third-order valence-electron chi connectivity index (χ3n) is 2.03. The largest absolute Gasteiger partial charge is 0.308 e. The highest BCUT2D eigenvalue weighted by atomic mass is 35.5. The van der Waals surface area contributed by atoms with E-state index in [9.17, 15) is 4.79 Å². The van der Waals surface area contributed by atoms with E-state index in [-0.39, 0.29) is 16.5 Å². The van der Waals surface area contributed by atoms with Crippen molar-refractivity contribution in [3.63, 3.8) is 0 Å². The number of amides is 1. The van der Waals surface area contributed by atoms with Crippen LogP contribution in [0.4, 0.5) is 5.69 Å². The highest BCUT2D eigenvalue weighted by Gasteiger charge is 2.30. The summed E-state index contributed by atoms with van der Waals surface area (Å²) in [6, 6.07) is 0.245. The molecule has 1 heterocycles. The van der Waals surface area contributed by atoms with Crippen LogP contribution >= 0.6 is 23.2 Å². The second-order valence-electron chi connectivity index (χ2n) is 3.06. The van der Waals surface area contributed by atoms with E-state index in [1.165, 1.54) is 6.20 Å². The van der Waals surface area contributed by atoms with Crippen LogP contribution in [0, 0.1) is 0 Å². The summed E-state index contributed by atoms with van der Waals surface area (Å²) in [5.74, 6) is 0.